The van der Waals surface area contributed by atoms with Gasteiger partial charge in [-0.25, -0.2) is 0 Å². The monoisotopic (exact) mass is 241 g/mol. The maximum Gasteiger partial charge on any atom is 0.242 e. The zero-order valence-electron chi connectivity index (χ0n) is 6.70. The molecule has 0 spiro atoms. The van der Waals surface area contributed by atoms with E-state index < -0.39 is 0 Å². The van der Waals surface area contributed by atoms with Gasteiger partial charge < -0.3 is 4.42 Å². The third-order valence-corrected chi connectivity index (χ3v) is 3.47. The molecule has 2 aromatic rings. The van der Waals surface area contributed by atoms with Crippen LogP contribution in [0.1, 0.15) is 0 Å². The Morgan fingerprint density at radius 2 is 2.23 bits per heavy atom. The average molecular weight is 242 g/mol. The smallest absolute Gasteiger partial charge is 0.242 e. The predicted molar refractivity (Wildman–Crippen MR) is 58.4 cm³/mol. The molecule has 0 aliphatic rings. The SMILES string of the molecule is O=c1c(Cl)c(S)sc2ccoc12.[Na]. The summed E-state index contributed by atoms with van der Waals surface area (Å²) in [4.78, 5) is 11.3. The first-order chi connectivity index (χ1) is 5.70. The van der Waals surface area contributed by atoms with Crippen LogP contribution in [0.2, 0.25) is 5.02 Å². The molecule has 6 heteroatoms. The Kier molecular flexibility index (Phi) is 3.92. The summed E-state index contributed by atoms with van der Waals surface area (Å²) in [6, 6.07) is 1.72. The van der Waals surface area contributed by atoms with Crippen molar-refractivity contribution in [3.05, 3.63) is 27.6 Å². The summed E-state index contributed by atoms with van der Waals surface area (Å²) in [6.45, 7) is 0. The minimum absolute atomic E-state index is 0. The Balaban J connectivity index is 0.000000845. The first-order valence-electron chi connectivity index (χ1n) is 3.09. The molecule has 2 nitrogen and oxygen atoms in total. The van der Waals surface area contributed by atoms with Gasteiger partial charge in [-0.2, -0.15) is 0 Å². The summed E-state index contributed by atoms with van der Waals surface area (Å²) in [5, 5.41) is 0.130. The summed E-state index contributed by atoms with van der Waals surface area (Å²) in [6.07, 6.45) is 1.46. The van der Waals surface area contributed by atoms with Crippen molar-refractivity contribution < 1.29 is 4.42 Å². The van der Waals surface area contributed by atoms with E-state index in [1.165, 1.54) is 17.6 Å². The molecule has 0 saturated heterocycles. The normalized spacial score (nSPS) is 10.0. The van der Waals surface area contributed by atoms with E-state index in [0.29, 0.717) is 9.79 Å². The molecule has 0 aromatic carbocycles. The molecule has 1 radical (unpaired) electrons. The van der Waals surface area contributed by atoms with E-state index in [1.807, 2.05) is 0 Å². The number of rotatable bonds is 0. The van der Waals surface area contributed by atoms with Gasteiger partial charge in [-0.1, -0.05) is 11.6 Å². The summed E-state index contributed by atoms with van der Waals surface area (Å²) in [5.74, 6) is 0. The van der Waals surface area contributed by atoms with Gasteiger partial charge in [0.15, 0.2) is 5.58 Å². The second-order valence-electron chi connectivity index (χ2n) is 2.16. The van der Waals surface area contributed by atoms with E-state index >= 15 is 0 Å². The summed E-state index contributed by atoms with van der Waals surface area (Å²) in [7, 11) is 0. The van der Waals surface area contributed by atoms with Crippen LogP contribution in [0.4, 0.5) is 0 Å². The molecule has 2 aromatic heterocycles. The Labute approximate surface area is 111 Å². The van der Waals surface area contributed by atoms with Crippen LogP contribution in [0, 0.1) is 0 Å². The van der Waals surface area contributed by atoms with Gasteiger partial charge in [0.05, 0.1) is 15.2 Å². The first-order valence-corrected chi connectivity index (χ1v) is 4.73. The minimum Gasteiger partial charge on any atom is -0.459 e. The van der Waals surface area contributed by atoms with E-state index in [0.717, 1.165) is 4.70 Å². The quantitative estimate of drug-likeness (QED) is 0.567. The molecule has 0 aliphatic heterocycles. The second kappa shape index (κ2) is 4.38. The predicted octanol–water partition coefficient (Wildman–Crippen LogP) is 2.42. The topological polar surface area (TPSA) is 30.2 Å². The van der Waals surface area contributed by atoms with Crippen LogP contribution in [-0.2, 0) is 0 Å². The van der Waals surface area contributed by atoms with Gasteiger partial charge in [-0.15, -0.1) is 24.0 Å². The number of hydrogen-bond donors (Lipinski definition) is 1. The van der Waals surface area contributed by atoms with Crippen LogP contribution in [0.25, 0.3) is 10.3 Å². The fourth-order valence-electron chi connectivity index (χ4n) is 0.889. The standard InChI is InChI=1S/C7H3ClO2S2.Na/c8-4-5(9)6-3(1-2-10-6)12-7(4)11;/h1-2,11H;. The zero-order chi connectivity index (χ0) is 8.72. The van der Waals surface area contributed by atoms with Crippen molar-refractivity contribution in [3.8, 4) is 0 Å². The zero-order valence-corrected chi connectivity index (χ0v) is 11.2. The van der Waals surface area contributed by atoms with Gasteiger partial charge >= 0.3 is 0 Å². The third-order valence-electron chi connectivity index (χ3n) is 1.43. The van der Waals surface area contributed by atoms with Crippen LogP contribution in [0.3, 0.4) is 0 Å². The maximum absolute atomic E-state index is 11.3. The molecule has 63 valence electrons. The van der Waals surface area contributed by atoms with Gasteiger partial charge in [0.2, 0.25) is 5.43 Å². The van der Waals surface area contributed by atoms with Crippen LogP contribution in [0.15, 0.2) is 25.8 Å². The van der Waals surface area contributed by atoms with Gasteiger partial charge in [0.25, 0.3) is 0 Å². The molecule has 0 unspecified atom stereocenters. The molecule has 0 fully saturated rings. The van der Waals surface area contributed by atoms with E-state index in [4.69, 9.17) is 16.0 Å². The van der Waals surface area contributed by atoms with E-state index in [1.54, 1.807) is 6.07 Å². The van der Waals surface area contributed by atoms with E-state index in [9.17, 15) is 4.79 Å². The minimum atomic E-state index is -0.291. The molecule has 0 N–H and O–H groups in total. The van der Waals surface area contributed by atoms with Crippen LogP contribution in [-0.4, -0.2) is 29.6 Å². The summed E-state index contributed by atoms with van der Waals surface area (Å²) >= 11 is 11.1. The maximum atomic E-state index is 11.3. The Bertz CT molecular complexity index is 491. The molecule has 0 aliphatic carbocycles. The van der Waals surface area contributed by atoms with Crippen LogP contribution in [0.5, 0.6) is 0 Å². The van der Waals surface area contributed by atoms with Crippen molar-refractivity contribution in [2.24, 2.45) is 0 Å². The Morgan fingerprint density at radius 3 is 2.92 bits per heavy atom. The number of thiol groups is 1. The van der Waals surface area contributed by atoms with Gasteiger partial charge in [0.1, 0.15) is 5.02 Å². The van der Waals surface area contributed by atoms with Crippen molar-refractivity contribution in [2.45, 2.75) is 4.21 Å². The molecule has 0 bridgehead atoms. The summed E-state index contributed by atoms with van der Waals surface area (Å²) < 4.78 is 6.26. The molecular formula is C7H3ClNaO2S2. The molecule has 13 heavy (non-hydrogen) atoms. The van der Waals surface area contributed by atoms with Gasteiger partial charge in [0, 0.05) is 29.6 Å². The number of halogens is 1. The van der Waals surface area contributed by atoms with Crippen molar-refractivity contribution in [3.63, 3.8) is 0 Å². The molecule has 2 rings (SSSR count). The number of hydrogen-bond acceptors (Lipinski definition) is 4. The van der Waals surface area contributed by atoms with Crippen molar-refractivity contribution in [1.82, 2.24) is 0 Å². The first kappa shape index (κ1) is 11.6. The summed E-state index contributed by atoms with van der Waals surface area (Å²) in [5.41, 5.74) is 0.0169. The molecular weight excluding hydrogens is 239 g/mol. The van der Waals surface area contributed by atoms with Crippen molar-refractivity contribution >= 4 is 75.4 Å². The van der Waals surface area contributed by atoms with E-state index in [2.05, 4.69) is 12.6 Å². The molecule has 0 amide bonds. The van der Waals surface area contributed by atoms with Crippen molar-refractivity contribution in [1.29, 1.82) is 0 Å². The third kappa shape index (κ3) is 1.98. The van der Waals surface area contributed by atoms with Crippen LogP contribution < -0.4 is 5.43 Å². The van der Waals surface area contributed by atoms with E-state index in [-0.39, 0.29) is 40.0 Å². The Morgan fingerprint density at radius 1 is 1.54 bits per heavy atom. The number of furan rings is 1. The van der Waals surface area contributed by atoms with Gasteiger partial charge in [-0.3, -0.25) is 4.79 Å². The average Bonchev–Trinajstić information content (AvgIpc) is 2.48. The molecule has 0 atom stereocenters. The van der Waals surface area contributed by atoms with Gasteiger partial charge in [-0.05, 0) is 6.07 Å². The molecule has 2 heterocycles. The second-order valence-corrected chi connectivity index (χ2v) is 4.34. The number of fused-ring (bicyclic) bond motifs is 1. The fraction of sp³-hybridized carbons (Fsp3) is 0. The molecule has 0 saturated carbocycles. The van der Waals surface area contributed by atoms with Crippen LogP contribution >= 0.6 is 35.6 Å². The largest absolute Gasteiger partial charge is 0.459 e. The van der Waals surface area contributed by atoms with Crippen molar-refractivity contribution in [2.75, 3.05) is 0 Å². The fourth-order valence-corrected chi connectivity index (χ4v) is 2.24. The Hall–Kier alpha value is 0.550.